The molecular formula is C17H17ClN2O4. The van der Waals surface area contributed by atoms with Gasteiger partial charge in [0.25, 0.3) is 0 Å². The number of benzene rings is 1. The molecule has 2 aliphatic rings. The molecule has 0 radical (unpaired) electrons. The highest BCUT2D eigenvalue weighted by atomic mass is 35.5. The van der Waals surface area contributed by atoms with Crippen LogP contribution in [-0.2, 0) is 14.4 Å². The number of halogens is 1. The topological polar surface area (TPSA) is 75.7 Å². The lowest BCUT2D eigenvalue weighted by atomic mass is 9.85. The van der Waals surface area contributed by atoms with Crippen LogP contribution in [0.2, 0.25) is 0 Å². The number of anilines is 1. The van der Waals surface area contributed by atoms with Crippen molar-refractivity contribution in [3.63, 3.8) is 0 Å². The molecule has 1 heterocycles. The van der Waals surface area contributed by atoms with Crippen LogP contribution in [0.5, 0.6) is 5.75 Å². The van der Waals surface area contributed by atoms with Crippen LogP contribution in [-0.4, -0.2) is 36.3 Å². The Balaban J connectivity index is 1.64. The van der Waals surface area contributed by atoms with E-state index in [0.29, 0.717) is 29.3 Å². The largest absolute Gasteiger partial charge is 0.497 e. The molecule has 1 aliphatic heterocycles. The third kappa shape index (κ3) is 3.14. The number of methoxy groups -OCH3 is 1. The number of hydrogen-bond acceptors (Lipinski definition) is 4. The molecule has 6 nitrogen and oxygen atoms in total. The molecule has 0 bridgehead atoms. The molecule has 0 unspecified atom stereocenters. The van der Waals surface area contributed by atoms with E-state index in [-0.39, 0.29) is 18.4 Å². The highest BCUT2D eigenvalue weighted by Gasteiger charge is 2.48. The molecule has 1 saturated heterocycles. The molecular weight excluding hydrogens is 332 g/mol. The predicted octanol–water partition coefficient (Wildman–Crippen LogP) is 2.15. The Morgan fingerprint density at radius 2 is 1.92 bits per heavy atom. The first-order valence-corrected chi connectivity index (χ1v) is 8.01. The number of hydrogen-bond donors (Lipinski definition) is 1. The average molecular weight is 349 g/mol. The first-order valence-electron chi connectivity index (χ1n) is 7.63. The van der Waals surface area contributed by atoms with Gasteiger partial charge < -0.3 is 10.1 Å². The van der Waals surface area contributed by atoms with Crippen LogP contribution in [0.1, 0.15) is 12.8 Å². The summed E-state index contributed by atoms with van der Waals surface area (Å²) in [4.78, 5) is 37.9. The smallest absolute Gasteiger partial charge is 0.244 e. The van der Waals surface area contributed by atoms with E-state index < -0.39 is 17.7 Å². The van der Waals surface area contributed by atoms with Gasteiger partial charge in [0.05, 0.1) is 18.9 Å². The molecule has 1 aromatic rings. The molecule has 3 amide bonds. The molecule has 0 aromatic heterocycles. The van der Waals surface area contributed by atoms with E-state index in [4.69, 9.17) is 16.3 Å². The standard InChI is InChI=1S/C17H17ClN2O4/c1-24-12-5-3-11(4-6-12)19-15(21)9-20-16(22)13-7-2-10(18)8-14(13)17(20)23/h2-6,13-14H,7-9H2,1H3,(H,19,21)/t13-,14+/m1/s1. The van der Waals surface area contributed by atoms with Crippen molar-refractivity contribution in [2.75, 3.05) is 19.0 Å². The minimum Gasteiger partial charge on any atom is -0.497 e. The fraction of sp³-hybridized carbons (Fsp3) is 0.353. The highest BCUT2D eigenvalue weighted by Crippen LogP contribution is 2.38. The molecule has 24 heavy (non-hydrogen) atoms. The molecule has 2 atom stereocenters. The average Bonchev–Trinajstić information content (AvgIpc) is 2.80. The summed E-state index contributed by atoms with van der Waals surface area (Å²) >= 11 is 5.97. The van der Waals surface area contributed by atoms with Gasteiger partial charge in [0.1, 0.15) is 12.3 Å². The Bertz CT molecular complexity index is 714. The number of allylic oxidation sites excluding steroid dienone is 2. The van der Waals surface area contributed by atoms with Crippen molar-refractivity contribution in [3.8, 4) is 5.75 Å². The Hall–Kier alpha value is -2.34. The van der Waals surface area contributed by atoms with Gasteiger partial charge in [-0.15, -0.1) is 0 Å². The molecule has 126 valence electrons. The number of ether oxygens (including phenoxy) is 1. The molecule has 3 rings (SSSR count). The molecule has 1 fully saturated rings. The summed E-state index contributed by atoms with van der Waals surface area (Å²) in [5, 5.41) is 3.27. The number of fused-ring (bicyclic) bond motifs is 1. The first-order chi connectivity index (χ1) is 11.5. The summed E-state index contributed by atoms with van der Waals surface area (Å²) in [5.74, 6) is -1.19. The zero-order valence-corrected chi connectivity index (χ0v) is 13.9. The van der Waals surface area contributed by atoms with Crippen LogP contribution in [0, 0.1) is 11.8 Å². The van der Waals surface area contributed by atoms with Crippen molar-refractivity contribution >= 4 is 35.0 Å². The number of amides is 3. The minimum absolute atomic E-state index is 0.283. The maximum atomic E-state index is 12.4. The van der Waals surface area contributed by atoms with Crippen molar-refractivity contribution in [2.45, 2.75) is 12.8 Å². The number of rotatable bonds is 4. The van der Waals surface area contributed by atoms with E-state index in [1.165, 1.54) is 0 Å². The van der Waals surface area contributed by atoms with Crippen LogP contribution in [0.15, 0.2) is 35.4 Å². The maximum Gasteiger partial charge on any atom is 0.244 e. The molecule has 0 spiro atoms. The van der Waals surface area contributed by atoms with E-state index in [0.717, 1.165) is 4.90 Å². The van der Waals surface area contributed by atoms with Crippen LogP contribution >= 0.6 is 11.6 Å². The van der Waals surface area contributed by atoms with E-state index >= 15 is 0 Å². The lowest BCUT2D eigenvalue weighted by Crippen LogP contribution is -2.38. The first kappa shape index (κ1) is 16.5. The van der Waals surface area contributed by atoms with Crippen molar-refractivity contribution in [1.29, 1.82) is 0 Å². The molecule has 7 heteroatoms. The highest BCUT2D eigenvalue weighted by molar-refractivity contribution is 6.30. The summed E-state index contributed by atoms with van der Waals surface area (Å²) in [6.45, 7) is -0.283. The number of nitrogens with zero attached hydrogens (tertiary/aromatic N) is 1. The second kappa shape index (κ2) is 6.65. The predicted molar refractivity (Wildman–Crippen MR) is 88.5 cm³/mol. The van der Waals surface area contributed by atoms with Gasteiger partial charge in [-0.05, 0) is 37.1 Å². The van der Waals surface area contributed by atoms with E-state index in [9.17, 15) is 14.4 Å². The molecule has 1 N–H and O–H groups in total. The summed E-state index contributed by atoms with van der Waals surface area (Å²) in [6, 6.07) is 6.80. The quantitative estimate of drug-likeness (QED) is 0.846. The van der Waals surface area contributed by atoms with Gasteiger partial charge in [-0.25, -0.2) is 0 Å². The van der Waals surface area contributed by atoms with Gasteiger partial charge >= 0.3 is 0 Å². The van der Waals surface area contributed by atoms with Gasteiger partial charge in [-0.3, -0.25) is 19.3 Å². The lowest BCUT2D eigenvalue weighted by molar-refractivity contribution is -0.142. The Morgan fingerprint density at radius 3 is 2.58 bits per heavy atom. The SMILES string of the molecule is COc1ccc(NC(=O)CN2C(=O)[C@H]3CC(Cl)=CC[C@H]3C2=O)cc1. The summed E-state index contributed by atoms with van der Waals surface area (Å²) in [6.07, 6.45) is 2.59. The van der Waals surface area contributed by atoms with Crippen LogP contribution < -0.4 is 10.1 Å². The normalized spacial score (nSPS) is 22.9. The monoisotopic (exact) mass is 348 g/mol. The zero-order chi connectivity index (χ0) is 17.3. The fourth-order valence-corrected chi connectivity index (χ4v) is 3.33. The van der Waals surface area contributed by atoms with Gasteiger partial charge in [0.15, 0.2) is 0 Å². The second-order valence-electron chi connectivity index (χ2n) is 5.84. The van der Waals surface area contributed by atoms with E-state index in [2.05, 4.69) is 5.32 Å². The van der Waals surface area contributed by atoms with Crippen LogP contribution in [0.4, 0.5) is 5.69 Å². The fourth-order valence-electron chi connectivity index (χ4n) is 3.07. The Morgan fingerprint density at radius 1 is 1.25 bits per heavy atom. The third-order valence-corrected chi connectivity index (χ3v) is 4.64. The maximum absolute atomic E-state index is 12.4. The van der Waals surface area contributed by atoms with Crippen molar-refractivity contribution in [1.82, 2.24) is 4.90 Å². The van der Waals surface area contributed by atoms with Crippen molar-refractivity contribution in [3.05, 3.63) is 35.4 Å². The zero-order valence-electron chi connectivity index (χ0n) is 13.1. The van der Waals surface area contributed by atoms with Crippen molar-refractivity contribution in [2.24, 2.45) is 11.8 Å². The van der Waals surface area contributed by atoms with Gasteiger partial charge in [-0.1, -0.05) is 17.7 Å². The second-order valence-corrected chi connectivity index (χ2v) is 6.33. The van der Waals surface area contributed by atoms with Gasteiger partial charge in [0.2, 0.25) is 17.7 Å². The van der Waals surface area contributed by atoms with Crippen LogP contribution in [0.25, 0.3) is 0 Å². The van der Waals surface area contributed by atoms with Crippen molar-refractivity contribution < 1.29 is 19.1 Å². The minimum atomic E-state index is -0.441. The third-order valence-electron chi connectivity index (χ3n) is 4.34. The van der Waals surface area contributed by atoms with Gasteiger partial charge in [-0.2, -0.15) is 0 Å². The summed E-state index contributed by atoms with van der Waals surface area (Å²) < 4.78 is 5.05. The lowest BCUT2D eigenvalue weighted by Gasteiger charge is -2.17. The number of likely N-dealkylation sites (tertiary alicyclic amines) is 1. The summed E-state index contributed by atoms with van der Waals surface area (Å²) in [5.41, 5.74) is 0.571. The number of imide groups is 1. The number of carbonyl (C=O) groups is 3. The van der Waals surface area contributed by atoms with Gasteiger partial charge in [0, 0.05) is 10.7 Å². The number of carbonyl (C=O) groups excluding carboxylic acids is 3. The molecule has 1 aromatic carbocycles. The molecule has 1 aliphatic carbocycles. The van der Waals surface area contributed by atoms with Crippen LogP contribution in [0.3, 0.4) is 0 Å². The van der Waals surface area contributed by atoms with E-state index in [1.54, 1.807) is 37.5 Å². The Labute approximate surface area is 144 Å². The number of nitrogens with one attached hydrogen (secondary N) is 1. The molecule has 0 saturated carbocycles. The Kier molecular flexibility index (Phi) is 4.57. The summed E-state index contributed by atoms with van der Waals surface area (Å²) in [7, 11) is 1.55. The van der Waals surface area contributed by atoms with E-state index in [1.807, 2.05) is 0 Å².